The quantitative estimate of drug-likeness (QED) is 0.472. The number of nitrogens with zero attached hydrogens (tertiary/aromatic N) is 3. The van der Waals surface area contributed by atoms with Crippen molar-refractivity contribution in [2.75, 3.05) is 0 Å². The fourth-order valence-corrected chi connectivity index (χ4v) is 3.29. The van der Waals surface area contributed by atoms with Gasteiger partial charge in [0, 0.05) is 5.38 Å². The molecule has 5 nitrogen and oxygen atoms in total. The summed E-state index contributed by atoms with van der Waals surface area (Å²) >= 11 is 1.51. The van der Waals surface area contributed by atoms with Crippen LogP contribution in [0.25, 0.3) is 11.5 Å². The Labute approximate surface area is 154 Å². The van der Waals surface area contributed by atoms with E-state index < -0.39 is 0 Å². The van der Waals surface area contributed by atoms with Crippen LogP contribution in [0.4, 0.5) is 5.69 Å². The van der Waals surface area contributed by atoms with Crippen LogP contribution in [-0.4, -0.2) is 10.9 Å². The molecule has 0 aliphatic rings. The lowest BCUT2D eigenvalue weighted by atomic mass is 10.2. The second kappa shape index (κ2) is 7.01. The van der Waals surface area contributed by atoms with Gasteiger partial charge in [0.2, 0.25) is 4.80 Å². The maximum absolute atomic E-state index is 5.57. The fourth-order valence-electron chi connectivity index (χ4n) is 2.45. The van der Waals surface area contributed by atoms with Gasteiger partial charge in [0.15, 0.2) is 5.76 Å². The van der Waals surface area contributed by atoms with Gasteiger partial charge in [-0.25, -0.2) is 9.67 Å². The number of furan rings is 2. The molecule has 0 saturated heterocycles. The number of thiazole rings is 1. The Morgan fingerprint density at radius 2 is 1.88 bits per heavy atom. The van der Waals surface area contributed by atoms with Gasteiger partial charge in [0.05, 0.1) is 18.2 Å². The molecule has 130 valence electrons. The maximum atomic E-state index is 5.57. The number of aromatic nitrogens is 1. The predicted molar refractivity (Wildman–Crippen MR) is 103 cm³/mol. The number of rotatable bonds is 4. The molecule has 26 heavy (non-hydrogen) atoms. The number of hydrogen-bond donors (Lipinski definition) is 0. The lowest BCUT2D eigenvalue weighted by molar-refractivity contribution is 0.527. The van der Waals surface area contributed by atoms with Crippen molar-refractivity contribution in [2.24, 2.45) is 10.1 Å². The zero-order chi connectivity index (χ0) is 17.9. The van der Waals surface area contributed by atoms with E-state index in [4.69, 9.17) is 13.8 Å². The third kappa shape index (κ3) is 3.45. The predicted octanol–water partition coefficient (Wildman–Crippen LogP) is 5.13. The van der Waals surface area contributed by atoms with Crippen LogP contribution in [0.2, 0.25) is 0 Å². The van der Waals surface area contributed by atoms with Crippen LogP contribution in [0.1, 0.15) is 17.1 Å². The molecule has 0 unspecified atom stereocenters. The van der Waals surface area contributed by atoms with Gasteiger partial charge in [0.1, 0.15) is 17.2 Å². The Morgan fingerprint density at radius 1 is 1.04 bits per heavy atom. The third-order valence-electron chi connectivity index (χ3n) is 3.78. The monoisotopic (exact) mass is 363 g/mol. The molecule has 0 spiro atoms. The summed E-state index contributed by atoms with van der Waals surface area (Å²) in [4.78, 5) is 5.48. The average Bonchev–Trinajstić information content (AvgIpc) is 3.36. The Balaban J connectivity index is 1.81. The molecule has 0 fully saturated rings. The van der Waals surface area contributed by atoms with Crippen LogP contribution in [0.15, 0.2) is 79.1 Å². The highest BCUT2D eigenvalue weighted by molar-refractivity contribution is 7.07. The number of hydrogen-bond acceptors (Lipinski definition) is 5. The summed E-state index contributed by atoms with van der Waals surface area (Å²) < 4.78 is 12.9. The van der Waals surface area contributed by atoms with Crippen molar-refractivity contribution < 1.29 is 8.83 Å². The van der Waals surface area contributed by atoms with Crippen molar-refractivity contribution in [2.45, 2.75) is 13.8 Å². The Bertz CT molecular complexity index is 1100. The molecule has 0 bridgehead atoms. The summed E-state index contributed by atoms with van der Waals surface area (Å²) in [6.07, 6.45) is 3.33. The Hall–Kier alpha value is -3.12. The Kier molecular flexibility index (Phi) is 4.41. The van der Waals surface area contributed by atoms with Gasteiger partial charge in [-0.15, -0.1) is 11.3 Å². The molecule has 0 N–H and O–H groups in total. The van der Waals surface area contributed by atoms with Crippen molar-refractivity contribution >= 4 is 23.2 Å². The first-order chi connectivity index (χ1) is 12.7. The van der Waals surface area contributed by atoms with E-state index in [0.717, 1.165) is 27.7 Å². The molecule has 0 aliphatic carbocycles. The normalized spacial score (nSPS) is 12.3. The summed E-state index contributed by atoms with van der Waals surface area (Å²) in [6, 6.07) is 15.6. The van der Waals surface area contributed by atoms with Gasteiger partial charge >= 0.3 is 0 Å². The maximum Gasteiger partial charge on any atom is 0.211 e. The molecule has 0 saturated carbocycles. The molecule has 3 aromatic heterocycles. The first kappa shape index (κ1) is 16.4. The van der Waals surface area contributed by atoms with Crippen LogP contribution in [0.5, 0.6) is 0 Å². The van der Waals surface area contributed by atoms with Gasteiger partial charge in [-0.05, 0) is 50.2 Å². The molecular formula is C20H17N3O2S. The zero-order valence-corrected chi connectivity index (χ0v) is 15.2. The topological polar surface area (TPSA) is 55.9 Å². The molecule has 0 radical (unpaired) electrons. The van der Waals surface area contributed by atoms with Crippen LogP contribution in [0.3, 0.4) is 0 Å². The van der Waals surface area contributed by atoms with E-state index in [2.05, 4.69) is 12.0 Å². The van der Waals surface area contributed by atoms with Crippen LogP contribution in [0, 0.1) is 13.8 Å². The van der Waals surface area contributed by atoms with E-state index in [-0.39, 0.29) is 0 Å². The fraction of sp³-hybridized carbons (Fsp3) is 0.100. The third-order valence-corrected chi connectivity index (χ3v) is 4.60. The van der Waals surface area contributed by atoms with Crippen molar-refractivity contribution in [3.63, 3.8) is 0 Å². The number of aryl methyl sites for hydroxylation is 2. The standard InChI is InChI=1S/C20H17N3O2S/c1-14-5-8-16(9-6-14)22-20-23(21-12-17-10-7-15(2)25-17)18(13-26-20)19-4-3-11-24-19/h3-13H,1-2H3. The minimum Gasteiger partial charge on any atom is -0.463 e. The van der Waals surface area contributed by atoms with E-state index in [1.165, 1.54) is 16.9 Å². The van der Waals surface area contributed by atoms with E-state index in [1.54, 1.807) is 17.2 Å². The molecule has 4 rings (SSSR count). The lowest BCUT2D eigenvalue weighted by Crippen LogP contribution is -2.11. The molecular weight excluding hydrogens is 346 g/mol. The summed E-state index contributed by atoms with van der Waals surface area (Å²) in [5.74, 6) is 2.27. The van der Waals surface area contributed by atoms with Gasteiger partial charge in [-0.2, -0.15) is 5.10 Å². The summed E-state index contributed by atoms with van der Waals surface area (Å²) in [6.45, 7) is 3.96. The Morgan fingerprint density at radius 3 is 2.58 bits per heavy atom. The van der Waals surface area contributed by atoms with Crippen LogP contribution in [-0.2, 0) is 0 Å². The van der Waals surface area contributed by atoms with Crippen LogP contribution < -0.4 is 4.80 Å². The van der Waals surface area contributed by atoms with Gasteiger partial charge < -0.3 is 8.83 Å². The molecule has 0 amide bonds. The van der Waals surface area contributed by atoms with E-state index in [0.29, 0.717) is 5.76 Å². The van der Waals surface area contributed by atoms with Gasteiger partial charge in [0.25, 0.3) is 0 Å². The highest BCUT2D eigenvalue weighted by atomic mass is 32.1. The first-order valence-corrected chi connectivity index (χ1v) is 9.03. The van der Waals surface area contributed by atoms with E-state index in [9.17, 15) is 0 Å². The van der Waals surface area contributed by atoms with Crippen molar-refractivity contribution in [1.82, 2.24) is 4.68 Å². The second-order valence-corrected chi connectivity index (χ2v) is 6.67. The molecule has 4 aromatic rings. The number of benzene rings is 1. The average molecular weight is 363 g/mol. The smallest absolute Gasteiger partial charge is 0.211 e. The van der Waals surface area contributed by atoms with Crippen molar-refractivity contribution in [1.29, 1.82) is 0 Å². The first-order valence-electron chi connectivity index (χ1n) is 8.16. The zero-order valence-electron chi connectivity index (χ0n) is 14.4. The summed E-state index contributed by atoms with van der Waals surface area (Å²) in [5, 5.41) is 6.56. The van der Waals surface area contributed by atoms with Crippen molar-refractivity contribution in [3.8, 4) is 11.5 Å². The molecule has 0 atom stereocenters. The second-order valence-electron chi connectivity index (χ2n) is 5.83. The SMILES string of the molecule is Cc1ccc(N=c2scc(-c3ccco3)n2N=Cc2ccc(C)o2)cc1. The van der Waals surface area contributed by atoms with Crippen molar-refractivity contribution in [3.05, 3.63) is 82.1 Å². The molecule has 3 heterocycles. The van der Waals surface area contributed by atoms with Gasteiger partial charge in [-0.3, -0.25) is 0 Å². The van der Waals surface area contributed by atoms with Crippen LogP contribution >= 0.6 is 11.3 Å². The van der Waals surface area contributed by atoms with E-state index in [1.807, 2.05) is 60.8 Å². The summed E-state index contributed by atoms with van der Waals surface area (Å²) in [5.41, 5.74) is 2.91. The highest BCUT2D eigenvalue weighted by Crippen LogP contribution is 2.21. The molecule has 0 aliphatic heterocycles. The lowest BCUT2D eigenvalue weighted by Gasteiger charge is -2.00. The van der Waals surface area contributed by atoms with Gasteiger partial charge in [-0.1, -0.05) is 17.7 Å². The largest absolute Gasteiger partial charge is 0.463 e. The summed E-state index contributed by atoms with van der Waals surface area (Å²) in [7, 11) is 0. The molecule has 6 heteroatoms. The minimum atomic E-state index is 0.688. The minimum absolute atomic E-state index is 0.688. The van der Waals surface area contributed by atoms with E-state index >= 15 is 0 Å². The molecule has 1 aromatic carbocycles. The highest BCUT2D eigenvalue weighted by Gasteiger charge is 2.10.